The van der Waals surface area contributed by atoms with Gasteiger partial charge < -0.3 is 0 Å². The minimum absolute atomic E-state index is 0.511. The Balaban J connectivity index is 3.49. The quantitative estimate of drug-likeness (QED) is 0.396. The Kier molecular flexibility index (Phi) is 5.93. The molecule has 0 saturated heterocycles. The number of hydrogen-bond acceptors (Lipinski definition) is 3. The monoisotopic (exact) mass is 633 g/mol. The maximum absolute atomic E-state index is 4.44. The van der Waals surface area contributed by atoms with Gasteiger partial charge in [0.05, 0.1) is 0 Å². The molecule has 0 unspecified atom stereocenters. The van der Waals surface area contributed by atoms with E-state index >= 15 is 0 Å². The second-order valence-electron chi connectivity index (χ2n) is 3.97. The van der Waals surface area contributed by atoms with Crippen LogP contribution in [0.3, 0.4) is 0 Å². The van der Waals surface area contributed by atoms with Crippen LogP contribution in [0.2, 0.25) is 0 Å². The largest absolute Gasteiger partial charge is 0.213 e. The third kappa shape index (κ3) is 5.02. The molecule has 0 aliphatic heterocycles. The minimum Gasteiger partial charge on any atom is -0.213 e. The van der Waals surface area contributed by atoms with Crippen LogP contribution in [0.5, 0.6) is 0 Å². The standard InChI is InChI=1S/C9H9Br6N3/c1-7(10,11)4-16-5(8(2,12)13)18-6(17-4)9(3,14)15/h1-3H3. The Bertz CT molecular complexity index is 364. The lowest BCUT2D eigenvalue weighted by molar-refractivity contribution is 0.732. The molecule has 1 aromatic rings. The molecule has 18 heavy (non-hydrogen) atoms. The molecule has 0 aliphatic rings. The van der Waals surface area contributed by atoms with Gasteiger partial charge in [-0.05, 0) is 20.8 Å². The number of nitrogens with zero attached hydrogens (tertiary/aromatic N) is 3. The van der Waals surface area contributed by atoms with E-state index in [1.54, 1.807) is 0 Å². The number of aromatic nitrogens is 3. The van der Waals surface area contributed by atoms with Crippen molar-refractivity contribution < 1.29 is 0 Å². The van der Waals surface area contributed by atoms with Gasteiger partial charge in [-0.2, -0.15) is 0 Å². The molecule has 1 heterocycles. The molecule has 0 aromatic carbocycles. The molecule has 0 radical (unpaired) electrons. The average molecular weight is 639 g/mol. The van der Waals surface area contributed by atoms with Crippen LogP contribution in [0.15, 0.2) is 0 Å². The van der Waals surface area contributed by atoms with Crippen molar-refractivity contribution >= 4 is 95.6 Å². The van der Waals surface area contributed by atoms with Crippen molar-refractivity contribution in [3.63, 3.8) is 0 Å². The van der Waals surface area contributed by atoms with Gasteiger partial charge >= 0.3 is 0 Å². The van der Waals surface area contributed by atoms with Crippen LogP contribution in [0, 0.1) is 0 Å². The van der Waals surface area contributed by atoms with Crippen molar-refractivity contribution in [2.75, 3.05) is 0 Å². The molecule has 102 valence electrons. The number of alkyl halides is 6. The zero-order valence-corrected chi connectivity index (χ0v) is 19.1. The molecule has 0 aliphatic carbocycles. The Morgan fingerprint density at radius 1 is 0.556 bits per heavy atom. The molecule has 1 rings (SSSR count). The Morgan fingerprint density at radius 3 is 0.833 bits per heavy atom. The zero-order valence-electron chi connectivity index (χ0n) is 9.61. The van der Waals surface area contributed by atoms with Crippen molar-refractivity contribution in [3.8, 4) is 0 Å². The number of hydrogen-bond donors (Lipinski definition) is 0. The fourth-order valence-electron chi connectivity index (χ4n) is 0.965. The predicted octanol–water partition coefficient (Wildman–Crippen LogP) is 5.76. The third-order valence-electron chi connectivity index (χ3n) is 1.81. The first-order valence-electron chi connectivity index (χ1n) is 4.73. The molecule has 0 atom stereocenters. The predicted molar refractivity (Wildman–Crippen MR) is 95.4 cm³/mol. The van der Waals surface area contributed by atoms with Crippen molar-refractivity contribution in [2.24, 2.45) is 0 Å². The molecular weight excluding hydrogens is 630 g/mol. The smallest absolute Gasteiger partial charge is 0.159 e. The SMILES string of the molecule is CC(Br)(Br)c1nc(C(C)(Br)Br)nc(C(C)(Br)Br)n1. The normalized spacial score (nSPS) is 13.8. The molecule has 0 saturated carbocycles. The van der Waals surface area contributed by atoms with E-state index in [0.717, 1.165) is 0 Å². The summed E-state index contributed by atoms with van der Waals surface area (Å²) in [5.74, 6) is 1.79. The summed E-state index contributed by atoms with van der Waals surface area (Å²) in [7, 11) is 0. The molecule has 0 fully saturated rings. The van der Waals surface area contributed by atoms with E-state index in [2.05, 4.69) is 111 Å². The topological polar surface area (TPSA) is 38.7 Å². The lowest BCUT2D eigenvalue weighted by Crippen LogP contribution is -2.22. The van der Waals surface area contributed by atoms with E-state index in [-0.39, 0.29) is 0 Å². The van der Waals surface area contributed by atoms with Gasteiger partial charge in [0.25, 0.3) is 0 Å². The van der Waals surface area contributed by atoms with E-state index < -0.39 is 9.70 Å². The van der Waals surface area contributed by atoms with Crippen LogP contribution < -0.4 is 0 Å². The van der Waals surface area contributed by atoms with Gasteiger partial charge in [-0.3, -0.25) is 0 Å². The van der Waals surface area contributed by atoms with E-state index in [1.807, 2.05) is 20.8 Å². The molecular formula is C9H9Br6N3. The lowest BCUT2D eigenvalue weighted by Gasteiger charge is -2.21. The van der Waals surface area contributed by atoms with Crippen molar-refractivity contribution in [2.45, 2.75) is 30.5 Å². The van der Waals surface area contributed by atoms with Crippen LogP contribution in [0.1, 0.15) is 38.2 Å². The molecule has 3 nitrogen and oxygen atoms in total. The molecule has 0 spiro atoms. The highest BCUT2D eigenvalue weighted by Crippen LogP contribution is 2.42. The summed E-state index contributed by atoms with van der Waals surface area (Å²) in [6, 6.07) is 0. The summed E-state index contributed by atoms with van der Waals surface area (Å²) in [4.78, 5) is 13.3. The van der Waals surface area contributed by atoms with Gasteiger partial charge in [-0.1, -0.05) is 95.6 Å². The van der Waals surface area contributed by atoms with Crippen LogP contribution >= 0.6 is 95.6 Å². The zero-order chi connectivity index (χ0) is 14.4. The van der Waals surface area contributed by atoms with Gasteiger partial charge in [-0.15, -0.1) is 0 Å². The van der Waals surface area contributed by atoms with Gasteiger partial charge in [0.1, 0.15) is 9.70 Å². The third-order valence-corrected chi connectivity index (χ3v) is 3.94. The molecule has 0 amide bonds. The van der Waals surface area contributed by atoms with Crippen LogP contribution in [0.25, 0.3) is 0 Å². The first kappa shape index (κ1) is 17.9. The van der Waals surface area contributed by atoms with E-state index in [9.17, 15) is 0 Å². The molecule has 9 heteroatoms. The molecule has 0 N–H and O–H groups in total. The summed E-state index contributed by atoms with van der Waals surface area (Å²) in [6.45, 7) is 5.74. The number of halogens is 6. The van der Waals surface area contributed by atoms with Crippen molar-refractivity contribution in [3.05, 3.63) is 17.5 Å². The maximum atomic E-state index is 4.44. The fourth-order valence-corrected chi connectivity index (χ4v) is 2.03. The second-order valence-corrected chi connectivity index (χ2v) is 16.7. The molecule has 0 bridgehead atoms. The summed E-state index contributed by atoms with van der Waals surface area (Å²) in [5, 5.41) is 0. The van der Waals surface area contributed by atoms with Crippen molar-refractivity contribution in [1.82, 2.24) is 15.0 Å². The van der Waals surface area contributed by atoms with E-state index in [4.69, 9.17) is 0 Å². The summed E-state index contributed by atoms with van der Waals surface area (Å²) >= 11 is 20.9. The van der Waals surface area contributed by atoms with E-state index in [0.29, 0.717) is 17.5 Å². The maximum Gasteiger partial charge on any atom is 0.159 e. The fraction of sp³-hybridized carbons (Fsp3) is 0.667. The van der Waals surface area contributed by atoms with Crippen LogP contribution in [-0.4, -0.2) is 15.0 Å². The van der Waals surface area contributed by atoms with Gasteiger partial charge in [-0.25, -0.2) is 15.0 Å². The summed E-state index contributed by atoms with van der Waals surface area (Å²) in [5.41, 5.74) is 0. The van der Waals surface area contributed by atoms with Crippen molar-refractivity contribution in [1.29, 1.82) is 0 Å². The minimum atomic E-state index is -0.511. The Morgan fingerprint density at radius 2 is 0.722 bits per heavy atom. The Labute approximate surface area is 156 Å². The van der Waals surface area contributed by atoms with Gasteiger partial charge in [0.15, 0.2) is 17.5 Å². The first-order chi connectivity index (χ1) is 7.82. The highest BCUT2D eigenvalue weighted by atomic mass is 79.9. The summed E-state index contributed by atoms with van der Waals surface area (Å²) < 4.78 is -1.53. The average Bonchev–Trinajstić information content (AvgIpc) is 2.13. The summed E-state index contributed by atoms with van der Waals surface area (Å²) in [6.07, 6.45) is 0. The highest BCUT2D eigenvalue weighted by molar-refractivity contribution is 9.25. The number of rotatable bonds is 3. The molecule has 1 aromatic heterocycles. The lowest BCUT2D eigenvalue weighted by atomic mass is 10.3. The van der Waals surface area contributed by atoms with Gasteiger partial charge in [0.2, 0.25) is 0 Å². The highest BCUT2D eigenvalue weighted by Gasteiger charge is 2.33. The van der Waals surface area contributed by atoms with Gasteiger partial charge in [0, 0.05) is 0 Å². The van der Waals surface area contributed by atoms with Crippen LogP contribution in [0.4, 0.5) is 0 Å². The second kappa shape index (κ2) is 5.94. The first-order valence-corrected chi connectivity index (χ1v) is 9.48. The van der Waals surface area contributed by atoms with E-state index in [1.165, 1.54) is 0 Å². The van der Waals surface area contributed by atoms with Crippen LogP contribution in [-0.2, 0) is 9.70 Å². The Hall–Kier alpha value is 1.89.